The number of hydrogen-bond donors (Lipinski definition) is 8. The largest absolute Gasteiger partial charge is 0.374 e. The van der Waals surface area contributed by atoms with Gasteiger partial charge in [0.25, 0.3) is 5.91 Å². The van der Waals surface area contributed by atoms with E-state index in [9.17, 15) is 76.7 Å². The quantitative estimate of drug-likeness (QED) is 0.0887. The molecule has 3 aromatic rings. The molecule has 14 unspecified atom stereocenters. The van der Waals surface area contributed by atoms with E-state index >= 15 is 0 Å². The molecule has 0 saturated carbocycles. The number of nitrogens with zero attached hydrogens (tertiary/aromatic N) is 16. The Balaban J connectivity index is 0.000000140. The SMILES string of the molecule is CC(C)C1NC(=O)C2CN(C)CCN2C1=O.CC1NC(=O)C2CN(C)CCN2C1=O.CN1CCN2C(=O)C(C)(C)NC(=O)C2C1.CN1CCN2C(=O)C(COCc3ccccc3)NC(=O)C2C1.CN1CCN2C(=O)C(Cc3ccccc3)NC(=O)C2C1.CN1CCN2C(=O)C(c3ccccc3)NC(=O)C2C1.CN1CCN2C(=O)CNC(=O)C2C1.CSCCC1NC(=O)C2CN(C)CCN2C1=O. The minimum absolute atomic E-state index is 0.00209. The van der Waals surface area contributed by atoms with Crippen molar-refractivity contribution in [3.8, 4) is 0 Å². The molecule has 3 aromatic carbocycles. The highest BCUT2D eigenvalue weighted by Gasteiger charge is 2.51. The fraction of sp³-hybridized carbons (Fsp3) is 0.638. The fourth-order valence-electron chi connectivity index (χ4n) is 19.4. The summed E-state index contributed by atoms with van der Waals surface area (Å²) in [5, 5.41) is 22.2. The maximum absolute atomic E-state index is 12.5. The van der Waals surface area contributed by atoms with Gasteiger partial charge < -0.3 is 126 Å². The molecule has 16 aliphatic heterocycles. The molecule has 14 atom stereocenters. The summed E-state index contributed by atoms with van der Waals surface area (Å²) in [7, 11) is 15.8. The molecule has 16 saturated heterocycles. The highest BCUT2D eigenvalue weighted by atomic mass is 32.2. The summed E-state index contributed by atoms with van der Waals surface area (Å²) < 4.78 is 5.61. The summed E-state index contributed by atoms with van der Waals surface area (Å²) in [6.45, 7) is 26.9. The number of thioether (sulfide) groups is 1. The van der Waals surface area contributed by atoms with E-state index in [1.165, 1.54) is 0 Å². The van der Waals surface area contributed by atoms with Crippen molar-refractivity contribution in [1.82, 2.24) is 121 Å². The van der Waals surface area contributed by atoms with Gasteiger partial charge in [0.2, 0.25) is 88.6 Å². The van der Waals surface area contributed by atoms with Gasteiger partial charge in [-0.3, -0.25) is 76.7 Å². The Morgan fingerprint density at radius 3 is 1.14 bits per heavy atom. The molecule has 0 spiro atoms. The van der Waals surface area contributed by atoms with Crippen LogP contribution in [0.3, 0.4) is 0 Å². The van der Waals surface area contributed by atoms with Crippen LogP contribution in [0, 0.1) is 5.92 Å². The number of ether oxygens (including phenoxy) is 1. The normalized spacial score (nSPS) is 29.3. The summed E-state index contributed by atoms with van der Waals surface area (Å²) in [6, 6.07) is 24.0. The number of rotatable bonds is 11. The summed E-state index contributed by atoms with van der Waals surface area (Å²) in [5.41, 5.74) is 2.22. The predicted molar refractivity (Wildman–Crippen MR) is 506 cm³/mol. The molecule has 16 heterocycles. The number of carbonyl (C=O) groups excluding carboxylic acids is 16. The van der Waals surface area contributed by atoms with Crippen LogP contribution in [0.2, 0.25) is 0 Å². The molecule has 16 fully saturated rings. The second kappa shape index (κ2) is 47.0. The lowest BCUT2D eigenvalue weighted by Gasteiger charge is -2.47. The summed E-state index contributed by atoms with van der Waals surface area (Å²) >= 11 is 1.70. The first-order chi connectivity index (χ1) is 64.8. The van der Waals surface area contributed by atoms with Crippen LogP contribution in [0.15, 0.2) is 91.0 Å². The van der Waals surface area contributed by atoms with Gasteiger partial charge in [-0.15, -0.1) is 0 Å². The van der Waals surface area contributed by atoms with Crippen molar-refractivity contribution in [3.05, 3.63) is 108 Å². The molecule has 16 aliphatic rings. The molecule has 0 radical (unpaired) electrons. The Bertz CT molecular complexity index is 4780. The van der Waals surface area contributed by atoms with Crippen LogP contribution in [0.25, 0.3) is 0 Å². The van der Waals surface area contributed by atoms with Gasteiger partial charge in [0, 0.05) is 163 Å². The minimum atomic E-state index is -0.747. The molecule has 8 N–H and O–H groups in total. The molecule has 42 heteroatoms. The van der Waals surface area contributed by atoms with Crippen LogP contribution >= 0.6 is 11.8 Å². The molecule has 16 amide bonds. The average molecular weight is 1910 g/mol. The lowest BCUT2D eigenvalue weighted by molar-refractivity contribution is -0.156. The van der Waals surface area contributed by atoms with Gasteiger partial charge in [0.1, 0.15) is 90.1 Å². The Morgan fingerprint density at radius 2 is 0.699 bits per heavy atom. The number of fused-ring (bicyclic) bond motifs is 8. The zero-order valence-corrected chi connectivity index (χ0v) is 81.9. The first-order valence-electron chi connectivity index (χ1n) is 47.3. The Kier molecular flexibility index (Phi) is 36.0. The van der Waals surface area contributed by atoms with Crippen LogP contribution in [-0.2, 0) is 94.5 Å². The van der Waals surface area contributed by atoms with Crippen LogP contribution in [-0.4, -0.2) is 496 Å². The standard InChI is InChI=1S/C16H21N3O3.C15H19N3O2.C14H17N3O2.C11H19N3O2S.C11H19N3O2.C10H17N3O2.C9H15N3O2.C8H13N3O2/c1-18-7-8-19-14(9-18)15(20)17-13(16(19)21)11-22-10-12-5-3-2-4-6-12;1-17-7-8-18-13(10-17)14(19)16-12(15(18)20)9-11-5-3-2-4-6-11;1-16-7-8-17-11(9-16)13(18)15-12(14(17)19)10-5-3-2-4-6-10;1-13-4-5-14-9(7-13)10(15)12-8(11(14)16)3-6-17-2;1-7(2)9-11(16)14-5-4-13(3)6-8(14)10(15)12-9;1-10(2)9(15)13-5-4-12(3)6-7(13)8(14)11-10;1-6-9(14)12-4-3-11(2)5-7(12)8(13)10-6;1-10-2-3-11-6(5-10)8(13)9-4-7(11)12/h2-6,13-14H,7-11H2,1H3,(H,17,20);2-6,12-13H,7-10H2,1H3,(H,16,19);2-6,11-12H,7-9H2,1H3,(H,15,18);8-9H,3-7H2,1-2H3,(H,12,15);7-9H,4-6H2,1-3H3,(H,12,15);7H,4-6H2,1-3H3,(H,11,14);6-7H,3-5H2,1-2H3,(H,10,13);6H,2-5H2,1H3,(H,9,13). The third kappa shape index (κ3) is 25.8. The summed E-state index contributed by atoms with van der Waals surface area (Å²) in [6.07, 6.45) is 3.29. The molecular formula is C94H140N24O17S. The van der Waals surface area contributed by atoms with Crippen molar-refractivity contribution in [1.29, 1.82) is 0 Å². The third-order valence-corrected chi connectivity index (χ3v) is 28.2. The van der Waals surface area contributed by atoms with E-state index in [-0.39, 0.29) is 180 Å². The Morgan fingerprint density at radius 1 is 0.360 bits per heavy atom. The summed E-state index contributed by atoms with van der Waals surface area (Å²) in [5.74, 6) is 1.09. The van der Waals surface area contributed by atoms with Crippen molar-refractivity contribution in [2.24, 2.45) is 5.92 Å². The molecule has 19 rings (SSSR count). The van der Waals surface area contributed by atoms with Gasteiger partial charge in [0.15, 0.2) is 0 Å². The zero-order valence-electron chi connectivity index (χ0n) is 81.0. The zero-order chi connectivity index (χ0) is 98.3. The first-order valence-corrected chi connectivity index (χ1v) is 48.7. The maximum atomic E-state index is 12.5. The number of benzene rings is 3. The van der Waals surface area contributed by atoms with Gasteiger partial charge in [-0.05, 0) is 118 Å². The second-order valence-electron chi connectivity index (χ2n) is 38.8. The van der Waals surface area contributed by atoms with Gasteiger partial charge in [-0.1, -0.05) is 105 Å². The highest BCUT2D eigenvalue weighted by molar-refractivity contribution is 7.98. The van der Waals surface area contributed by atoms with Gasteiger partial charge in [0.05, 0.1) is 19.8 Å². The van der Waals surface area contributed by atoms with Gasteiger partial charge >= 0.3 is 0 Å². The van der Waals surface area contributed by atoms with Crippen molar-refractivity contribution < 1.29 is 81.4 Å². The van der Waals surface area contributed by atoms with E-state index < -0.39 is 23.7 Å². The van der Waals surface area contributed by atoms with E-state index in [0.717, 1.165) is 81.2 Å². The predicted octanol–water partition coefficient (Wildman–Crippen LogP) is -5.68. The molecule has 41 nitrogen and oxygen atoms in total. The van der Waals surface area contributed by atoms with E-state index in [0.29, 0.717) is 118 Å². The monoisotopic (exact) mass is 1910 g/mol. The summed E-state index contributed by atoms with van der Waals surface area (Å²) in [4.78, 5) is 222. The number of piperazine rings is 16. The topological polar surface area (TPSA) is 430 Å². The van der Waals surface area contributed by atoms with Crippen LogP contribution in [0.4, 0.5) is 0 Å². The third-order valence-electron chi connectivity index (χ3n) is 27.5. The van der Waals surface area contributed by atoms with E-state index in [2.05, 4.69) is 81.7 Å². The molecule has 136 heavy (non-hydrogen) atoms. The molecule has 0 aliphatic carbocycles. The second-order valence-corrected chi connectivity index (χ2v) is 39.8. The Labute approximate surface area is 801 Å². The maximum Gasteiger partial charge on any atom is 0.250 e. The fourth-order valence-corrected chi connectivity index (χ4v) is 19.8. The number of carbonyl (C=O) groups is 16. The van der Waals surface area contributed by atoms with Gasteiger partial charge in [-0.25, -0.2) is 0 Å². The smallest absolute Gasteiger partial charge is 0.250 e. The number of amides is 16. The Hall–Kier alpha value is -10.8. The van der Waals surface area contributed by atoms with E-state index in [4.69, 9.17) is 4.74 Å². The molecular weight excluding hydrogens is 1770 g/mol. The van der Waals surface area contributed by atoms with Crippen LogP contribution in [0.5, 0.6) is 0 Å². The molecule has 744 valence electrons. The highest BCUT2D eigenvalue weighted by Crippen LogP contribution is 2.28. The van der Waals surface area contributed by atoms with Crippen molar-refractivity contribution in [3.63, 3.8) is 0 Å². The van der Waals surface area contributed by atoms with E-state index in [1.807, 2.05) is 167 Å². The number of likely N-dealkylation sites (N-methyl/N-ethyl adjacent to an activating group) is 8. The first kappa shape index (κ1) is 104. The average Bonchev–Trinajstić information content (AvgIpc) is 0.766. The molecule has 0 aromatic heterocycles. The van der Waals surface area contributed by atoms with E-state index in [1.54, 1.807) is 71.7 Å². The molecule has 0 bridgehead atoms. The van der Waals surface area contributed by atoms with Crippen molar-refractivity contribution in [2.75, 3.05) is 239 Å². The van der Waals surface area contributed by atoms with Crippen molar-refractivity contribution >= 4 is 106 Å². The lowest BCUT2D eigenvalue weighted by atomic mass is 9.95. The number of hydrogen-bond acceptors (Lipinski definition) is 26. The van der Waals surface area contributed by atoms with Crippen molar-refractivity contribution in [2.45, 2.75) is 144 Å². The lowest BCUT2D eigenvalue weighted by Crippen LogP contribution is -2.72. The van der Waals surface area contributed by atoms with Crippen LogP contribution in [0.1, 0.15) is 63.8 Å². The minimum Gasteiger partial charge on any atom is -0.374 e. The van der Waals surface area contributed by atoms with Crippen LogP contribution < -0.4 is 42.5 Å². The number of nitrogens with one attached hydrogen (secondary N) is 8. The van der Waals surface area contributed by atoms with Gasteiger partial charge in [-0.2, -0.15) is 11.8 Å².